The van der Waals surface area contributed by atoms with E-state index in [9.17, 15) is 9.59 Å². The van der Waals surface area contributed by atoms with Gasteiger partial charge in [-0.2, -0.15) is 0 Å². The van der Waals surface area contributed by atoms with E-state index in [1.807, 2.05) is 18.2 Å². The number of carbonyl (C=O) groups is 2. The number of carboxylic acid groups (broad SMARTS) is 1. The third-order valence-electron chi connectivity index (χ3n) is 4.00. The number of anilines is 1. The summed E-state index contributed by atoms with van der Waals surface area (Å²) in [5.74, 6) is -0.840. The first-order valence-electron chi connectivity index (χ1n) is 7.37. The summed E-state index contributed by atoms with van der Waals surface area (Å²) < 4.78 is 0. The number of aryl methyl sites for hydroxylation is 1. The Morgan fingerprint density at radius 1 is 1.24 bits per heavy atom. The molecule has 1 aromatic rings. The fourth-order valence-electron chi connectivity index (χ4n) is 2.81. The summed E-state index contributed by atoms with van der Waals surface area (Å²) >= 11 is 0. The number of urea groups is 1. The molecule has 1 aromatic carbocycles. The Morgan fingerprint density at radius 3 is 2.57 bits per heavy atom. The van der Waals surface area contributed by atoms with E-state index >= 15 is 0 Å². The van der Waals surface area contributed by atoms with Gasteiger partial charge >= 0.3 is 12.0 Å². The van der Waals surface area contributed by atoms with Crippen LogP contribution in [0.15, 0.2) is 24.3 Å². The summed E-state index contributed by atoms with van der Waals surface area (Å²) in [6.45, 7) is 2.07. The Labute approximate surface area is 124 Å². The summed E-state index contributed by atoms with van der Waals surface area (Å²) in [6, 6.07) is 7.10. The summed E-state index contributed by atoms with van der Waals surface area (Å²) in [5.41, 5.74) is 1.39. The van der Waals surface area contributed by atoms with Crippen LogP contribution in [-0.2, 0) is 11.2 Å². The standard InChI is InChI=1S/C16H22N2O3/c1-16(10-4-5-11-16)18-15(21)17-13-7-3-2-6-12(13)8-9-14(19)20/h2-3,6-7H,4-5,8-11H2,1H3,(H,19,20)(H2,17,18,21). The second kappa shape index (κ2) is 6.61. The van der Waals surface area contributed by atoms with Crippen molar-refractivity contribution < 1.29 is 14.7 Å². The minimum Gasteiger partial charge on any atom is -0.481 e. The summed E-state index contributed by atoms with van der Waals surface area (Å²) in [7, 11) is 0. The molecule has 0 aromatic heterocycles. The molecule has 0 aliphatic heterocycles. The molecule has 1 fully saturated rings. The zero-order valence-electron chi connectivity index (χ0n) is 12.3. The van der Waals surface area contributed by atoms with Crippen LogP contribution in [0.2, 0.25) is 0 Å². The maximum Gasteiger partial charge on any atom is 0.319 e. The van der Waals surface area contributed by atoms with Gasteiger partial charge in [-0.1, -0.05) is 31.0 Å². The van der Waals surface area contributed by atoms with Gasteiger partial charge in [0.1, 0.15) is 0 Å². The van der Waals surface area contributed by atoms with Crippen molar-refractivity contribution in [2.45, 2.75) is 51.0 Å². The van der Waals surface area contributed by atoms with E-state index in [1.54, 1.807) is 6.07 Å². The first-order chi connectivity index (χ1) is 9.98. The molecule has 1 aliphatic carbocycles. The highest BCUT2D eigenvalue weighted by atomic mass is 16.4. The molecule has 0 heterocycles. The second-order valence-electron chi connectivity index (χ2n) is 5.90. The lowest BCUT2D eigenvalue weighted by molar-refractivity contribution is -0.136. The van der Waals surface area contributed by atoms with Crippen LogP contribution in [0.3, 0.4) is 0 Å². The van der Waals surface area contributed by atoms with Gasteiger partial charge in [-0.3, -0.25) is 4.79 Å². The van der Waals surface area contributed by atoms with Crippen molar-refractivity contribution in [3.8, 4) is 0 Å². The number of carbonyl (C=O) groups excluding carboxylic acids is 1. The van der Waals surface area contributed by atoms with Crippen LogP contribution in [0.1, 0.15) is 44.6 Å². The van der Waals surface area contributed by atoms with Gasteiger partial charge in [-0.15, -0.1) is 0 Å². The number of rotatable bonds is 5. The topological polar surface area (TPSA) is 78.4 Å². The number of hydrogen-bond acceptors (Lipinski definition) is 2. The highest BCUT2D eigenvalue weighted by Crippen LogP contribution is 2.29. The molecule has 2 rings (SSSR count). The zero-order valence-corrected chi connectivity index (χ0v) is 12.3. The number of carboxylic acids is 1. The molecule has 5 nitrogen and oxygen atoms in total. The Kier molecular flexibility index (Phi) is 4.83. The van der Waals surface area contributed by atoms with E-state index in [-0.39, 0.29) is 18.0 Å². The van der Waals surface area contributed by atoms with Crippen LogP contribution in [-0.4, -0.2) is 22.6 Å². The first kappa shape index (κ1) is 15.4. The molecule has 3 N–H and O–H groups in total. The van der Waals surface area contributed by atoms with Crippen LogP contribution < -0.4 is 10.6 Å². The van der Waals surface area contributed by atoms with E-state index in [4.69, 9.17) is 5.11 Å². The number of benzene rings is 1. The maximum atomic E-state index is 12.1. The SMILES string of the molecule is CC1(NC(=O)Nc2ccccc2CCC(=O)O)CCCC1. The van der Waals surface area contributed by atoms with E-state index in [0.717, 1.165) is 31.2 Å². The van der Waals surface area contributed by atoms with Crippen molar-refractivity contribution >= 4 is 17.7 Å². The number of nitrogens with one attached hydrogen (secondary N) is 2. The van der Waals surface area contributed by atoms with Crippen molar-refractivity contribution in [1.29, 1.82) is 0 Å². The Balaban J connectivity index is 1.98. The number of para-hydroxylation sites is 1. The van der Waals surface area contributed by atoms with Crippen LogP contribution in [0.25, 0.3) is 0 Å². The van der Waals surface area contributed by atoms with Gasteiger partial charge in [-0.25, -0.2) is 4.79 Å². The molecule has 114 valence electrons. The molecular formula is C16H22N2O3. The highest BCUT2D eigenvalue weighted by Gasteiger charge is 2.30. The molecule has 0 unspecified atom stereocenters. The Morgan fingerprint density at radius 2 is 1.90 bits per heavy atom. The molecule has 0 atom stereocenters. The van der Waals surface area contributed by atoms with Crippen LogP contribution >= 0.6 is 0 Å². The molecule has 2 amide bonds. The zero-order chi connectivity index (χ0) is 15.3. The number of aliphatic carboxylic acids is 1. The molecule has 21 heavy (non-hydrogen) atoms. The molecule has 0 saturated heterocycles. The third kappa shape index (κ3) is 4.48. The van der Waals surface area contributed by atoms with E-state index in [1.165, 1.54) is 0 Å². The fraction of sp³-hybridized carbons (Fsp3) is 0.500. The third-order valence-corrected chi connectivity index (χ3v) is 4.00. The van der Waals surface area contributed by atoms with Crippen molar-refractivity contribution in [1.82, 2.24) is 5.32 Å². The summed E-state index contributed by atoms with van der Waals surface area (Å²) in [6.07, 6.45) is 4.75. The predicted molar refractivity (Wildman–Crippen MR) is 81.4 cm³/mol. The Bertz CT molecular complexity index is 522. The molecular weight excluding hydrogens is 268 g/mol. The normalized spacial score (nSPS) is 16.4. The molecule has 0 bridgehead atoms. The lowest BCUT2D eigenvalue weighted by Gasteiger charge is -2.25. The summed E-state index contributed by atoms with van der Waals surface area (Å²) in [4.78, 5) is 22.8. The van der Waals surface area contributed by atoms with Gasteiger partial charge in [0.15, 0.2) is 0 Å². The molecule has 0 spiro atoms. The predicted octanol–water partition coefficient (Wildman–Crippen LogP) is 3.16. The van der Waals surface area contributed by atoms with Gasteiger partial charge in [0, 0.05) is 17.6 Å². The molecule has 0 radical (unpaired) electrons. The van der Waals surface area contributed by atoms with Crippen molar-refractivity contribution in [3.63, 3.8) is 0 Å². The van der Waals surface area contributed by atoms with Gasteiger partial charge in [0.05, 0.1) is 0 Å². The number of hydrogen-bond donors (Lipinski definition) is 3. The molecule has 1 saturated carbocycles. The van der Waals surface area contributed by atoms with Gasteiger partial charge < -0.3 is 15.7 Å². The highest BCUT2D eigenvalue weighted by molar-refractivity contribution is 5.90. The van der Waals surface area contributed by atoms with Gasteiger partial charge in [0.2, 0.25) is 0 Å². The monoisotopic (exact) mass is 290 g/mol. The fourth-order valence-corrected chi connectivity index (χ4v) is 2.81. The lowest BCUT2D eigenvalue weighted by Crippen LogP contribution is -2.45. The Hall–Kier alpha value is -2.04. The quantitative estimate of drug-likeness (QED) is 0.779. The average molecular weight is 290 g/mol. The number of amides is 2. The smallest absolute Gasteiger partial charge is 0.319 e. The van der Waals surface area contributed by atoms with Gasteiger partial charge in [0.25, 0.3) is 0 Å². The minimum atomic E-state index is -0.840. The lowest BCUT2D eigenvalue weighted by atomic mass is 10.0. The van der Waals surface area contributed by atoms with E-state index in [2.05, 4.69) is 17.6 Å². The minimum absolute atomic E-state index is 0.0536. The molecule has 1 aliphatic rings. The van der Waals surface area contributed by atoms with Crippen molar-refractivity contribution in [3.05, 3.63) is 29.8 Å². The van der Waals surface area contributed by atoms with Crippen LogP contribution in [0.5, 0.6) is 0 Å². The van der Waals surface area contributed by atoms with Crippen LogP contribution in [0.4, 0.5) is 10.5 Å². The van der Waals surface area contributed by atoms with E-state index in [0.29, 0.717) is 12.1 Å². The van der Waals surface area contributed by atoms with E-state index < -0.39 is 5.97 Å². The molecule has 5 heteroatoms. The average Bonchev–Trinajstić information content (AvgIpc) is 2.83. The first-order valence-corrected chi connectivity index (χ1v) is 7.37. The maximum absolute atomic E-state index is 12.1. The van der Waals surface area contributed by atoms with Crippen LogP contribution in [0, 0.1) is 0 Å². The second-order valence-corrected chi connectivity index (χ2v) is 5.90. The van der Waals surface area contributed by atoms with Crippen molar-refractivity contribution in [2.75, 3.05) is 5.32 Å². The van der Waals surface area contributed by atoms with Crippen molar-refractivity contribution in [2.24, 2.45) is 0 Å². The summed E-state index contributed by atoms with van der Waals surface area (Å²) in [5, 5.41) is 14.6. The largest absolute Gasteiger partial charge is 0.481 e. The van der Waals surface area contributed by atoms with Gasteiger partial charge in [-0.05, 0) is 37.8 Å².